The fraction of sp³-hybridized carbons (Fsp3) is 0.0714. The lowest BCUT2D eigenvalue weighted by Gasteiger charge is -2.10. The number of hydrogen-bond acceptors (Lipinski definition) is 2. The van der Waals surface area contributed by atoms with Gasteiger partial charge >= 0.3 is 0 Å². The molecule has 4 heteroatoms. The van der Waals surface area contributed by atoms with E-state index in [4.69, 9.17) is 4.74 Å². The molecule has 0 bridgehead atoms. The average molecular weight is 370 g/mol. The Morgan fingerprint density at radius 1 is 0.944 bits per heavy atom. The first-order valence-corrected chi connectivity index (χ1v) is 7.16. The summed E-state index contributed by atoms with van der Waals surface area (Å²) in [6, 6.07) is 16.6. The van der Waals surface area contributed by atoms with Gasteiger partial charge in [-0.2, -0.15) is 0 Å². The minimum atomic E-state index is -0.412. The largest absolute Gasteiger partial charge is 0.457 e. The van der Waals surface area contributed by atoms with Crippen molar-refractivity contribution in [3.63, 3.8) is 0 Å². The summed E-state index contributed by atoms with van der Waals surface area (Å²) in [5, 5.41) is 0. The van der Waals surface area contributed by atoms with Crippen molar-refractivity contribution in [2.75, 3.05) is 0 Å². The van der Waals surface area contributed by atoms with Crippen LogP contribution >= 0.6 is 31.9 Å². The first-order chi connectivity index (χ1) is 8.68. The van der Waals surface area contributed by atoms with Gasteiger partial charge in [0.2, 0.25) is 0 Å². The number of rotatable bonds is 4. The molecule has 0 spiro atoms. The van der Waals surface area contributed by atoms with Gasteiger partial charge in [0.15, 0.2) is 5.78 Å². The molecule has 0 unspecified atom stereocenters. The summed E-state index contributed by atoms with van der Waals surface area (Å²) in [5.41, 5.74) is 0.542. The lowest BCUT2D eigenvalue weighted by Crippen LogP contribution is -2.08. The van der Waals surface area contributed by atoms with Gasteiger partial charge in [-0.25, -0.2) is 0 Å². The minimum absolute atomic E-state index is 0.0680. The zero-order valence-corrected chi connectivity index (χ0v) is 12.5. The Morgan fingerprint density at radius 2 is 1.56 bits per heavy atom. The predicted octanol–water partition coefficient (Wildman–Crippen LogP) is 4.78. The quantitative estimate of drug-likeness (QED) is 0.572. The highest BCUT2D eigenvalue weighted by Crippen LogP contribution is 2.28. The van der Waals surface area contributed by atoms with E-state index < -0.39 is 3.74 Å². The Balaban J connectivity index is 2.31. The second-order valence-corrected chi connectivity index (χ2v) is 6.64. The van der Waals surface area contributed by atoms with E-state index in [0.29, 0.717) is 17.1 Å². The number of halogens is 2. The van der Waals surface area contributed by atoms with Gasteiger partial charge in [0.25, 0.3) is 0 Å². The van der Waals surface area contributed by atoms with Gasteiger partial charge in [0.05, 0.1) is 5.56 Å². The van der Waals surface area contributed by atoms with E-state index >= 15 is 0 Å². The maximum Gasteiger partial charge on any atom is 0.190 e. The van der Waals surface area contributed by atoms with Crippen molar-refractivity contribution in [2.24, 2.45) is 0 Å². The number of alkyl halides is 2. The summed E-state index contributed by atoms with van der Waals surface area (Å²) >= 11 is 6.42. The highest BCUT2D eigenvalue weighted by atomic mass is 79.9. The lowest BCUT2D eigenvalue weighted by molar-refractivity contribution is 0.101. The van der Waals surface area contributed by atoms with E-state index in [0.717, 1.165) is 0 Å². The molecule has 0 aliphatic carbocycles. The number of carbonyl (C=O) groups excluding carboxylic acids is 1. The molecule has 92 valence electrons. The van der Waals surface area contributed by atoms with Gasteiger partial charge in [0, 0.05) is 0 Å². The maximum absolute atomic E-state index is 12.0. The predicted molar refractivity (Wildman–Crippen MR) is 78.9 cm³/mol. The second kappa shape index (κ2) is 6.16. The number of carbonyl (C=O) groups is 1. The molecule has 2 aromatic carbocycles. The van der Waals surface area contributed by atoms with E-state index in [1.165, 1.54) is 0 Å². The van der Waals surface area contributed by atoms with Crippen LogP contribution in [0.5, 0.6) is 11.5 Å². The van der Waals surface area contributed by atoms with Crippen LogP contribution in [0.2, 0.25) is 0 Å². The summed E-state index contributed by atoms with van der Waals surface area (Å²) in [5.74, 6) is 1.19. The van der Waals surface area contributed by atoms with Crippen LogP contribution in [0.3, 0.4) is 0 Å². The molecule has 0 heterocycles. The van der Waals surface area contributed by atoms with Crippen LogP contribution < -0.4 is 4.74 Å². The smallest absolute Gasteiger partial charge is 0.190 e. The highest BCUT2D eigenvalue weighted by molar-refractivity contribution is 9.25. The van der Waals surface area contributed by atoms with Gasteiger partial charge in [-0.1, -0.05) is 62.2 Å². The van der Waals surface area contributed by atoms with Crippen molar-refractivity contribution in [1.29, 1.82) is 0 Å². The number of para-hydroxylation sites is 2. The fourth-order valence-corrected chi connectivity index (χ4v) is 1.99. The molecule has 18 heavy (non-hydrogen) atoms. The van der Waals surface area contributed by atoms with E-state index in [1.54, 1.807) is 12.1 Å². The van der Waals surface area contributed by atoms with Gasteiger partial charge in [-0.3, -0.25) is 4.79 Å². The Morgan fingerprint density at radius 3 is 2.22 bits per heavy atom. The number of benzene rings is 2. The summed E-state index contributed by atoms with van der Waals surface area (Å²) in [4.78, 5) is 12.0. The van der Waals surface area contributed by atoms with Crippen LogP contribution in [-0.2, 0) is 0 Å². The molecule has 0 N–H and O–H groups in total. The van der Waals surface area contributed by atoms with Gasteiger partial charge in [-0.15, -0.1) is 0 Å². The average Bonchev–Trinajstić information content (AvgIpc) is 2.39. The normalized spacial score (nSPS) is 10.4. The molecular formula is C14H10Br2O2. The summed E-state index contributed by atoms with van der Waals surface area (Å²) < 4.78 is 5.31. The van der Waals surface area contributed by atoms with Crippen LogP contribution in [-0.4, -0.2) is 9.52 Å². The van der Waals surface area contributed by atoms with E-state index in [-0.39, 0.29) is 5.78 Å². The van der Waals surface area contributed by atoms with Crippen molar-refractivity contribution in [1.82, 2.24) is 0 Å². The van der Waals surface area contributed by atoms with Crippen molar-refractivity contribution >= 4 is 37.6 Å². The maximum atomic E-state index is 12.0. The van der Waals surface area contributed by atoms with Crippen molar-refractivity contribution in [3.8, 4) is 11.5 Å². The van der Waals surface area contributed by atoms with E-state index in [2.05, 4.69) is 31.9 Å². The van der Waals surface area contributed by atoms with Crippen LogP contribution in [0.1, 0.15) is 10.4 Å². The van der Waals surface area contributed by atoms with Gasteiger partial charge < -0.3 is 4.74 Å². The molecule has 0 fully saturated rings. The van der Waals surface area contributed by atoms with Crippen LogP contribution in [0.15, 0.2) is 54.6 Å². The van der Waals surface area contributed by atoms with Crippen molar-refractivity contribution < 1.29 is 9.53 Å². The monoisotopic (exact) mass is 368 g/mol. The lowest BCUT2D eigenvalue weighted by atomic mass is 10.1. The topological polar surface area (TPSA) is 26.3 Å². The van der Waals surface area contributed by atoms with Crippen LogP contribution in [0.25, 0.3) is 0 Å². The second-order valence-electron chi connectivity index (χ2n) is 3.58. The molecule has 0 aliphatic heterocycles. The summed E-state index contributed by atoms with van der Waals surface area (Å²) in [7, 11) is 0. The molecule has 0 amide bonds. The molecule has 2 aromatic rings. The number of hydrogen-bond donors (Lipinski definition) is 0. The Labute approximate surface area is 122 Å². The third-order valence-corrected chi connectivity index (χ3v) is 3.15. The van der Waals surface area contributed by atoms with Gasteiger partial charge in [-0.05, 0) is 24.3 Å². The third-order valence-electron chi connectivity index (χ3n) is 2.32. The van der Waals surface area contributed by atoms with E-state index in [1.807, 2.05) is 42.5 Å². The zero-order chi connectivity index (χ0) is 13.0. The zero-order valence-electron chi connectivity index (χ0n) is 9.35. The number of ether oxygens (including phenoxy) is 1. The molecule has 0 aliphatic rings. The summed E-state index contributed by atoms with van der Waals surface area (Å²) in [6.07, 6.45) is 0. The Kier molecular flexibility index (Phi) is 4.55. The summed E-state index contributed by atoms with van der Waals surface area (Å²) in [6.45, 7) is 0. The Hall–Kier alpha value is -1.13. The molecule has 0 aromatic heterocycles. The number of Topliss-reactive ketones (excluding diaryl/α,β-unsaturated/α-hetero) is 1. The molecule has 2 nitrogen and oxygen atoms in total. The highest BCUT2D eigenvalue weighted by Gasteiger charge is 2.18. The fourth-order valence-electron chi connectivity index (χ4n) is 1.49. The molecule has 2 rings (SSSR count). The SMILES string of the molecule is O=C(c1ccccc1Oc1ccccc1)C(Br)Br. The van der Waals surface area contributed by atoms with Crippen LogP contribution in [0.4, 0.5) is 0 Å². The molecule has 0 atom stereocenters. The van der Waals surface area contributed by atoms with Crippen LogP contribution in [0, 0.1) is 0 Å². The minimum Gasteiger partial charge on any atom is -0.457 e. The van der Waals surface area contributed by atoms with Crippen molar-refractivity contribution in [2.45, 2.75) is 3.74 Å². The standard InChI is InChI=1S/C14H10Br2O2/c15-14(16)13(17)11-8-4-5-9-12(11)18-10-6-2-1-3-7-10/h1-9,14H. The molecule has 0 radical (unpaired) electrons. The van der Waals surface area contributed by atoms with Crippen molar-refractivity contribution in [3.05, 3.63) is 60.2 Å². The molecule has 0 saturated heterocycles. The first-order valence-electron chi connectivity index (χ1n) is 5.33. The third kappa shape index (κ3) is 3.21. The van der Waals surface area contributed by atoms with E-state index in [9.17, 15) is 4.79 Å². The first kappa shape index (κ1) is 13.3. The molecule has 0 saturated carbocycles. The number of ketones is 1. The molecular weight excluding hydrogens is 360 g/mol. The van der Waals surface area contributed by atoms with Gasteiger partial charge in [0.1, 0.15) is 15.2 Å². The Bertz CT molecular complexity index is 539.